The second-order valence-electron chi connectivity index (χ2n) is 5.29. The molecule has 8 nitrogen and oxygen atoms in total. The van der Waals surface area contributed by atoms with Gasteiger partial charge < -0.3 is 24.5 Å². The number of nitrogens with one attached hydrogen (secondary N) is 2. The highest BCUT2D eigenvalue weighted by Crippen LogP contribution is 2.26. The number of hydrogen-bond donors (Lipinski definition) is 2. The van der Waals surface area contributed by atoms with Gasteiger partial charge in [-0.2, -0.15) is 0 Å². The number of rotatable bonds is 4. The molecule has 0 atom stereocenters. The number of aromatic nitrogens is 1. The number of carbonyl (C=O) groups is 1. The zero-order valence-electron chi connectivity index (χ0n) is 14.0. The molecule has 2 amide bonds. The van der Waals surface area contributed by atoms with Crippen LogP contribution in [0.5, 0.6) is 11.5 Å². The highest BCUT2D eigenvalue weighted by Gasteiger charge is 2.09. The number of oxazole rings is 1. The molecule has 1 aromatic heterocycles. The van der Waals surface area contributed by atoms with Crippen molar-refractivity contribution in [1.82, 2.24) is 4.57 Å². The van der Waals surface area contributed by atoms with Crippen LogP contribution in [-0.2, 0) is 7.05 Å². The Balaban J connectivity index is 1.77. The van der Waals surface area contributed by atoms with Gasteiger partial charge in [0.25, 0.3) is 0 Å². The third-order valence-electron chi connectivity index (χ3n) is 3.66. The van der Waals surface area contributed by atoms with Crippen LogP contribution in [0.25, 0.3) is 11.1 Å². The number of nitrogens with zero attached hydrogens (tertiary/aromatic N) is 1. The molecule has 2 aromatic carbocycles. The maximum Gasteiger partial charge on any atom is 0.419 e. The standard InChI is InChI=1S/C17H17N3O5/c1-20-14-5-4-10(8-15(14)25-17(20)22)18-16(21)19-11-6-12(23-2)9-13(7-11)24-3/h4-9H,1-3H3,(H2,18,19,21). The summed E-state index contributed by atoms with van der Waals surface area (Å²) >= 11 is 0. The lowest BCUT2D eigenvalue weighted by Gasteiger charge is -2.11. The van der Waals surface area contributed by atoms with Crippen LogP contribution < -0.4 is 25.9 Å². The van der Waals surface area contributed by atoms with Crippen LogP contribution in [0.2, 0.25) is 0 Å². The van der Waals surface area contributed by atoms with Crippen molar-refractivity contribution in [2.45, 2.75) is 0 Å². The van der Waals surface area contributed by atoms with E-state index in [0.717, 1.165) is 0 Å². The van der Waals surface area contributed by atoms with Crippen molar-refractivity contribution in [2.24, 2.45) is 7.05 Å². The predicted molar refractivity (Wildman–Crippen MR) is 93.6 cm³/mol. The quantitative estimate of drug-likeness (QED) is 0.759. The van der Waals surface area contributed by atoms with Crippen molar-refractivity contribution in [3.63, 3.8) is 0 Å². The maximum absolute atomic E-state index is 12.2. The number of urea groups is 1. The fourth-order valence-electron chi connectivity index (χ4n) is 2.38. The first-order valence-electron chi connectivity index (χ1n) is 7.41. The fourth-order valence-corrected chi connectivity index (χ4v) is 2.38. The smallest absolute Gasteiger partial charge is 0.419 e. The van der Waals surface area contributed by atoms with Crippen molar-refractivity contribution in [2.75, 3.05) is 24.9 Å². The normalized spacial score (nSPS) is 10.5. The molecule has 130 valence electrons. The maximum atomic E-state index is 12.2. The van der Waals surface area contributed by atoms with E-state index in [0.29, 0.717) is 34.0 Å². The Kier molecular flexibility index (Phi) is 4.34. The Morgan fingerprint density at radius 2 is 1.64 bits per heavy atom. The number of anilines is 2. The summed E-state index contributed by atoms with van der Waals surface area (Å²) in [6, 6.07) is 9.56. The van der Waals surface area contributed by atoms with Gasteiger partial charge in [-0.15, -0.1) is 0 Å². The van der Waals surface area contributed by atoms with Gasteiger partial charge >= 0.3 is 11.8 Å². The Bertz CT molecular complexity index is 967. The van der Waals surface area contributed by atoms with Crippen molar-refractivity contribution in [1.29, 1.82) is 0 Å². The molecule has 8 heteroatoms. The number of hydrogen-bond acceptors (Lipinski definition) is 5. The Morgan fingerprint density at radius 1 is 1.00 bits per heavy atom. The topological polar surface area (TPSA) is 94.7 Å². The average molecular weight is 343 g/mol. The lowest BCUT2D eigenvalue weighted by molar-refractivity contribution is 0.262. The molecular weight excluding hydrogens is 326 g/mol. The summed E-state index contributed by atoms with van der Waals surface area (Å²) in [6.07, 6.45) is 0. The minimum Gasteiger partial charge on any atom is -0.497 e. The van der Waals surface area contributed by atoms with Crippen LogP contribution in [-0.4, -0.2) is 24.8 Å². The van der Waals surface area contributed by atoms with Gasteiger partial charge in [-0.1, -0.05) is 0 Å². The van der Waals surface area contributed by atoms with Gasteiger partial charge in [0, 0.05) is 42.7 Å². The number of methoxy groups -OCH3 is 2. The molecule has 0 bridgehead atoms. The van der Waals surface area contributed by atoms with Crippen LogP contribution in [0.3, 0.4) is 0 Å². The molecule has 0 fully saturated rings. The van der Waals surface area contributed by atoms with Gasteiger partial charge in [-0.3, -0.25) is 4.57 Å². The lowest BCUT2D eigenvalue weighted by Crippen LogP contribution is -2.19. The van der Waals surface area contributed by atoms with Crippen LogP contribution in [0.1, 0.15) is 0 Å². The Morgan fingerprint density at radius 3 is 2.28 bits per heavy atom. The Hall–Kier alpha value is -3.42. The summed E-state index contributed by atoms with van der Waals surface area (Å²) in [7, 11) is 4.67. The summed E-state index contributed by atoms with van der Waals surface area (Å²) in [5, 5.41) is 5.38. The molecule has 0 saturated heterocycles. The van der Waals surface area contributed by atoms with E-state index in [4.69, 9.17) is 13.9 Å². The van der Waals surface area contributed by atoms with Crippen molar-refractivity contribution >= 4 is 28.5 Å². The van der Waals surface area contributed by atoms with Gasteiger partial charge in [0.05, 0.1) is 19.7 Å². The van der Waals surface area contributed by atoms with E-state index in [2.05, 4.69) is 10.6 Å². The van der Waals surface area contributed by atoms with Crippen LogP contribution in [0, 0.1) is 0 Å². The minimum absolute atomic E-state index is 0.397. The van der Waals surface area contributed by atoms with Gasteiger partial charge in [0.1, 0.15) is 11.5 Å². The van der Waals surface area contributed by atoms with E-state index in [-0.39, 0.29) is 0 Å². The molecular formula is C17H17N3O5. The second kappa shape index (κ2) is 6.60. The molecule has 3 rings (SSSR count). The molecule has 0 unspecified atom stereocenters. The van der Waals surface area contributed by atoms with E-state index in [9.17, 15) is 9.59 Å². The molecule has 3 aromatic rings. The van der Waals surface area contributed by atoms with Crippen molar-refractivity contribution < 1.29 is 18.7 Å². The van der Waals surface area contributed by atoms with Gasteiger partial charge in [0.2, 0.25) is 0 Å². The van der Waals surface area contributed by atoms with E-state index in [1.54, 1.807) is 43.4 Å². The third kappa shape index (κ3) is 3.42. The van der Waals surface area contributed by atoms with Crippen LogP contribution in [0.15, 0.2) is 45.6 Å². The van der Waals surface area contributed by atoms with Crippen LogP contribution in [0.4, 0.5) is 16.2 Å². The molecule has 0 radical (unpaired) electrons. The van der Waals surface area contributed by atoms with E-state index < -0.39 is 11.8 Å². The lowest BCUT2D eigenvalue weighted by atomic mass is 10.2. The van der Waals surface area contributed by atoms with Gasteiger partial charge in [-0.05, 0) is 12.1 Å². The molecule has 25 heavy (non-hydrogen) atoms. The van der Waals surface area contributed by atoms with Crippen molar-refractivity contribution in [3.05, 3.63) is 46.9 Å². The first-order valence-corrected chi connectivity index (χ1v) is 7.41. The Labute approximate surface area is 143 Å². The monoisotopic (exact) mass is 343 g/mol. The number of ether oxygens (including phenoxy) is 2. The average Bonchev–Trinajstić information content (AvgIpc) is 2.88. The molecule has 0 spiro atoms. The fraction of sp³-hybridized carbons (Fsp3) is 0.176. The summed E-state index contributed by atoms with van der Waals surface area (Å²) in [6.45, 7) is 0. The minimum atomic E-state index is -0.458. The summed E-state index contributed by atoms with van der Waals surface area (Å²) in [5.74, 6) is 0.657. The molecule has 0 saturated carbocycles. The van der Waals surface area contributed by atoms with E-state index in [1.807, 2.05) is 0 Å². The largest absolute Gasteiger partial charge is 0.497 e. The number of amides is 2. The molecule has 1 heterocycles. The number of fused-ring (bicyclic) bond motifs is 1. The first-order chi connectivity index (χ1) is 12.0. The summed E-state index contributed by atoms with van der Waals surface area (Å²) in [5.41, 5.74) is 2.05. The van der Waals surface area contributed by atoms with E-state index in [1.165, 1.54) is 18.8 Å². The van der Waals surface area contributed by atoms with Crippen LogP contribution >= 0.6 is 0 Å². The molecule has 2 N–H and O–H groups in total. The highest BCUT2D eigenvalue weighted by molar-refractivity contribution is 6.00. The zero-order valence-corrected chi connectivity index (χ0v) is 14.0. The summed E-state index contributed by atoms with van der Waals surface area (Å²) < 4.78 is 16.8. The van der Waals surface area contributed by atoms with Gasteiger partial charge in [-0.25, -0.2) is 9.59 Å². The number of aryl methyl sites for hydroxylation is 1. The summed E-state index contributed by atoms with van der Waals surface area (Å²) in [4.78, 5) is 23.7. The second-order valence-corrected chi connectivity index (χ2v) is 5.29. The SMILES string of the molecule is COc1cc(NC(=O)Nc2ccc3c(c2)oc(=O)n3C)cc(OC)c1. The van der Waals surface area contributed by atoms with Gasteiger partial charge in [0.15, 0.2) is 5.58 Å². The molecule has 0 aliphatic rings. The zero-order chi connectivity index (χ0) is 18.0. The predicted octanol–water partition coefficient (Wildman–Crippen LogP) is 2.79. The number of carbonyl (C=O) groups excluding carboxylic acids is 1. The molecule has 0 aliphatic heterocycles. The third-order valence-corrected chi connectivity index (χ3v) is 3.66. The number of benzene rings is 2. The van der Waals surface area contributed by atoms with Crippen molar-refractivity contribution in [3.8, 4) is 11.5 Å². The highest BCUT2D eigenvalue weighted by atomic mass is 16.5. The molecule has 0 aliphatic carbocycles. The first kappa shape index (κ1) is 16.4. The van der Waals surface area contributed by atoms with E-state index >= 15 is 0 Å².